The van der Waals surface area contributed by atoms with Gasteiger partial charge in [0.25, 0.3) is 0 Å². The maximum Gasteiger partial charge on any atom is 0.302 e. The van der Waals surface area contributed by atoms with E-state index in [1.165, 1.54) is 6.92 Å². The molecule has 8 heteroatoms. The van der Waals surface area contributed by atoms with Crippen molar-refractivity contribution in [2.75, 3.05) is 26.9 Å². The third kappa shape index (κ3) is 2.43. The van der Waals surface area contributed by atoms with Gasteiger partial charge < -0.3 is 29.5 Å². The van der Waals surface area contributed by atoms with Gasteiger partial charge in [-0.05, 0) is 31.6 Å². The maximum atomic E-state index is 13.9. The van der Waals surface area contributed by atoms with Crippen molar-refractivity contribution >= 4 is 11.8 Å². The molecule has 8 nitrogen and oxygen atoms in total. The van der Waals surface area contributed by atoms with Crippen molar-refractivity contribution in [3.05, 3.63) is 0 Å². The molecule has 2 spiro atoms. The van der Waals surface area contributed by atoms with Crippen LogP contribution in [0.5, 0.6) is 0 Å². The van der Waals surface area contributed by atoms with Crippen LogP contribution in [0.3, 0.4) is 0 Å². The molecular formula is C23H34O8. The Labute approximate surface area is 182 Å². The van der Waals surface area contributed by atoms with E-state index in [4.69, 9.17) is 14.2 Å². The van der Waals surface area contributed by atoms with E-state index in [1.54, 1.807) is 7.11 Å². The minimum Gasteiger partial charge on any atom is -0.465 e. The lowest BCUT2D eigenvalue weighted by Gasteiger charge is -2.74. The molecule has 0 radical (unpaired) electrons. The first kappa shape index (κ1) is 21.8. The van der Waals surface area contributed by atoms with Crippen molar-refractivity contribution in [3.63, 3.8) is 0 Å². The van der Waals surface area contributed by atoms with Crippen molar-refractivity contribution in [2.24, 2.45) is 39.9 Å². The quantitative estimate of drug-likeness (QED) is 0.547. The van der Waals surface area contributed by atoms with E-state index < -0.39 is 58.0 Å². The Morgan fingerprint density at radius 2 is 2.00 bits per heavy atom. The third-order valence-electron chi connectivity index (χ3n) is 9.64. The number of hydrogen-bond donors (Lipinski definition) is 3. The maximum absolute atomic E-state index is 13.9. The molecule has 0 amide bonds. The van der Waals surface area contributed by atoms with Crippen molar-refractivity contribution in [1.82, 2.24) is 0 Å². The SMILES string of the molecule is COC[C@H]1C(=O)[C@]23C[C@@H]1C[C@@H](O)[C@H]2[C@]12CCC[C@@](C)(COC(C)=O)[C@H]1[C@H](O)[C@@]3(O)OC2. The second-order valence-corrected chi connectivity index (χ2v) is 11.1. The van der Waals surface area contributed by atoms with Crippen LogP contribution in [0, 0.1) is 39.9 Å². The van der Waals surface area contributed by atoms with Crippen LogP contribution in [0.1, 0.15) is 46.0 Å². The summed E-state index contributed by atoms with van der Waals surface area (Å²) >= 11 is 0. The monoisotopic (exact) mass is 438 g/mol. The molecular weight excluding hydrogens is 404 g/mol. The number of carbonyl (C=O) groups excluding carboxylic acids is 2. The number of ketones is 1. The van der Waals surface area contributed by atoms with E-state index >= 15 is 0 Å². The average molecular weight is 439 g/mol. The van der Waals surface area contributed by atoms with Crippen molar-refractivity contribution in [2.45, 2.75) is 63.9 Å². The standard InChI is InChI=1S/C23H34O8/c1-12(24)30-10-20(2)5-4-6-21-11-31-23(28,19(27)17(20)21)22-8-13(7-15(25)16(21)22)14(9-29-3)18(22)26/h13-17,19,25,27-28H,4-11H2,1-3H3/t13-,14+,15+,16-,17+,19-,20-,21+,22-,23+/m0/s1. The van der Waals surface area contributed by atoms with Gasteiger partial charge in [-0.3, -0.25) is 9.59 Å². The Morgan fingerprint density at radius 3 is 2.68 bits per heavy atom. The molecule has 4 bridgehead atoms. The molecule has 10 atom stereocenters. The molecule has 0 aromatic heterocycles. The summed E-state index contributed by atoms with van der Waals surface area (Å²) in [5.74, 6) is -4.10. The zero-order chi connectivity index (χ0) is 22.4. The van der Waals surface area contributed by atoms with Gasteiger partial charge in [-0.2, -0.15) is 0 Å². The lowest BCUT2D eigenvalue weighted by molar-refractivity contribution is -0.446. The number of aliphatic hydroxyl groups excluding tert-OH is 2. The predicted molar refractivity (Wildman–Crippen MR) is 106 cm³/mol. The fraction of sp³-hybridized carbons (Fsp3) is 0.913. The number of hydrogen-bond acceptors (Lipinski definition) is 8. The second-order valence-electron chi connectivity index (χ2n) is 11.1. The molecule has 6 aliphatic rings. The van der Waals surface area contributed by atoms with E-state index in [9.17, 15) is 24.9 Å². The van der Waals surface area contributed by atoms with Gasteiger partial charge in [0.15, 0.2) is 5.78 Å². The number of methoxy groups -OCH3 is 1. The molecule has 0 aromatic rings. The Morgan fingerprint density at radius 1 is 1.26 bits per heavy atom. The third-order valence-corrected chi connectivity index (χ3v) is 9.64. The highest BCUT2D eigenvalue weighted by Crippen LogP contribution is 2.76. The fourth-order valence-electron chi connectivity index (χ4n) is 8.81. The number of rotatable bonds is 4. The average Bonchev–Trinajstić information content (AvgIpc) is 2.91. The van der Waals surface area contributed by atoms with E-state index in [0.29, 0.717) is 19.3 Å². The Balaban J connectivity index is 1.65. The van der Waals surface area contributed by atoms with Gasteiger partial charge in [0.1, 0.15) is 6.10 Å². The summed E-state index contributed by atoms with van der Waals surface area (Å²) in [6.45, 7) is 3.87. The number of esters is 1. The van der Waals surface area contributed by atoms with Crippen LogP contribution in [0.25, 0.3) is 0 Å². The van der Waals surface area contributed by atoms with Crippen LogP contribution >= 0.6 is 0 Å². The molecule has 2 saturated heterocycles. The molecule has 2 aliphatic heterocycles. The number of Topliss-reactive ketones (excluding diaryl/α,β-unsaturated/α-hetero) is 1. The largest absolute Gasteiger partial charge is 0.465 e. The summed E-state index contributed by atoms with van der Waals surface area (Å²) in [5, 5.41) is 35.0. The summed E-state index contributed by atoms with van der Waals surface area (Å²) in [5.41, 5.74) is -2.60. The van der Waals surface area contributed by atoms with E-state index in [0.717, 1.165) is 12.8 Å². The van der Waals surface area contributed by atoms with Gasteiger partial charge >= 0.3 is 5.97 Å². The lowest BCUT2D eigenvalue weighted by atomic mass is 9.36. The fourth-order valence-corrected chi connectivity index (χ4v) is 8.81. The topological polar surface area (TPSA) is 123 Å². The Kier molecular flexibility index (Phi) is 4.73. The van der Waals surface area contributed by atoms with Gasteiger partial charge in [0.2, 0.25) is 5.79 Å². The molecule has 4 aliphatic carbocycles. The highest BCUT2D eigenvalue weighted by atomic mass is 16.6. The number of fused-ring (bicyclic) bond motifs is 2. The van der Waals surface area contributed by atoms with E-state index in [1.807, 2.05) is 6.92 Å². The zero-order valence-electron chi connectivity index (χ0n) is 18.5. The highest BCUT2D eigenvalue weighted by Gasteiger charge is 2.85. The first-order valence-corrected chi connectivity index (χ1v) is 11.5. The first-order valence-electron chi connectivity index (χ1n) is 11.5. The van der Waals surface area contributed by atoms with Crippen LogP contribution in [0.4, 0.5) is 0 Å². The molecule has 2 heterocycles. The van der Waals surface area contributed by atoms with E-state index in [-0.39, 0.29) is 31.5 Å². The lowest BCUT2D eigenvalue weighted by Crippen LogP contribution is -2.83. The van der Waals surface area contributed by atoms with Gasteiger partial charge in [-0.15, -0.1) is 0 Å². The molecule has 4 saturated carbocycles. The van der Waals surface area contributed by atoms with Crippen LogP contribution in [0.15, 0.2) is 0 Å². The number of ether oxygens (including phenoxy) is 3. The molecule has 6 rings (SSSR count). The molecule has 0 aromatic carbocycles. The van der Waals surface area contributed by atoms with Crippen LogP contribution in [0.2, 0.25) is 0 Å². The highest BCUT2D eigenvalue weighted by molar-refractivity contribution is 5.92. The summed E-state index contributed by atoms with van der Waals surface area (Å²) in [7, 11) is 1.55. The minimum atomic E-state index is -2.07. The molecule has 31 heavy (non-hydrogen) atoms. The predicted octanol–water partition coefficient (Wildman–Crippen LogP) is 0.654. The summed E-state index contributed by atoms with van der Waals surface area (Å²) in [6, 6.07) is 0. The van der Waals surface area contributed by atoms with Gasteiger partial charge in [0.05, 0.1) is 31.3 Å². The second kappa shape index (κ2) is 6.73. The van der Waals surface area contributed by atoms with Crippen molar-refractivity contribution < 1.29 is 39.1 Å². The zero-order valence-corrected chi connectivity index (χ0v) is 18.5. The first-order chi connectivity index (χ1) is 14.6. The van der Waals surface area contributed by atoms with Crippen LogP contribution in [-0.4, -0.2) is 72.0 Å². The molecule has 174 valence electrons. The summed E-state index contributed by atoms with van der Waals surface area (Å²) in [4.78, 5) is 25.4. The Hall–Kier alpha value is -1.06. The number of carbonyl (C=O) groups is 2. The normalized spacial score (nSPS) is 55.0. The van der Waals surface area contributed by atoms with Gasteiger partial charge in [-0.25, -0.2) is 0 Å². The van der Waals surface area contributed by atoms with Crippen molar-refractivity contribution in [1.29, 1.82) is 0 Å². The summed E-state index contributed by atoms with van der Waals surface area (Å²) in [6.07, 6.45) is 1.01. The van der Waals surface area contributed by atoms with E-state index in [2.05, 4.69) is 0 Å². The van der Waals surface area contributed by atoms with Crippen LogP contribution in [-0.2, 0) is 23.8 Å². The van der Waals surface area contributed by atoms with Crippen molar-refractivity contribution in [3.8, 4) is 0 Å². The molecule has 0 unspecified atom stereocenters. The summed E-state index contributed by atoms with van der Waals surface area (Å²) < 4.78 is 16.7. The van der Waals surface area contributed by atoms with Gasteiger partial charge in [0, 0.05) is 42.6 Å². The minimum absolute atomic E-state index is 0.108. The van der Waals surface area contributed by atoms with Gasteiger partial charge in [-0.1, -0.05) is 13.3 Å². The number of aliphatic hydroxyl groups is 3. The smallest absolute Gasteiger partial charge is 0.302 e. The molecule has 3 N–H and O–H groups in total. The van der Waals surface area contributed by atoms with Crippen LogP contribution < -0.4 is 0 Å². The molecule has 6 fully saturated rings. The Bertz CT molecular complexity index is 800.